The Labute approximate surface area is 131 Å². The molecule has 2 atom stereocenters. The molecule has 0 aromatic heterocycles. The Bertz CT molecular complexity index is 563. The largest absolute Gasteiger partial charge is 0.493 e. The van der Waals surface area contributed by atoms with Crippen molar-refractivity contribution in [1.82, 2.24) is 0 Å². The predicted octanol–water partition coefficient (Wildman–Crippen LogP) is 2.70. The van der Waals surface area contributed by atoms with Crippen molar-refractivity contribution in [1.29, 1.82) is 0 Å². The number of benzene rings is 1. The molecule has 2 unspecified atom stereocenters. The van der Waals surface area contributed by atoms with E-state index < -0.39 is 12.8 Å². The van der Waals surface area contributed by atoms with Crippen LogP contribution < -0.4 is 20.5 Å². The number of anilines is 1. The summed E-state index contributed by atoms with van der Waals surface area (Å²) >= 11 is 0. The first-order chi connectivity index (χ1) is 10.8. The average Bonchev–Trinajstić information content (AvgIpc) is 2.91. The second-order valence-corrected chi connectivity index (χ2v) is 5.53. The summed E-state index contributed by atoms with van der Waals surface area (Å²) in [6.45, 7) is -1.43. The van der Waals surface area contributed by atoms with E-state index in [0.29, 0.717) is 18.5 Å². The van der Waals surface area contributed by atoms with Gasteiger partial charge in [0.25, 0.3) is 0 Å². The molecule has 1 aromatic rings. The average molecular weight is 332 g/mol. The van der Waals surface area contributed by atoms with E-state index >= 15 is 0 Å². The maximum atomic E-state index is 12.3. The molecule has 0 aliphatic heterocycles. The van der Waals surface area contributed by atoms with E-state index in [1.807, 2.05) is 0 Å². The number of hydrogen-bond donors (Lipinski definition) is 2. The molecule has 3 N–H and O–H groups in total. The molecule has 1 aromatic carbocycles. The minimum atomic E-state index is -4.45. The fourth-order valence-corrected chi connectivity index (χ4v) is 2.53. The molecular weight excluding hydrogens is 313 g/mol. The molecule has 1 saturated carbocycles. The summed E-state index contributed by atoms with van der Waals surface area (Å²) < 4.78 is 46.5. The maximum Gasteiger partial charge on any atom is 0.422 e. The number of methoxy groups -OCH3 is 1. The maximum absolute atomic E-state index is 12.3. The molecule has 23 heavy (non-hydrogen) atoms. The molecule has 0 heterocycles. The highest BCUT2D eigenvalue weighted by molar-refractivity contribution is 5.93. The fraction of sp³-hybridized carbons (Fsp3) is 0.533. The van der Waals surface area contributed by atoms with Crippen LogP contribution in [0, 0.1) is 5.92 Å². The zero-order chi connectivity index (χ0) is 17.0. The van der Waals surface area contributed by atoms with Gasteiger partial charge in [-0.05, 0) is 31.4 Å². The van der Waals surface area contributed by atoms with Gasteiger partial charge in [0, 0.05) is 23.7 Å². The molecule has 2 rings (SSSR count). The molecule has 0 saturated heterocycles. The van der Waals surface area contributed by atoms with Crippen LogP contribution in [0.5, 0.6) is 11.5 Å². The Morgan fingerprint density at radius 3 is 2.65 bits per heavy atom. The predicted molar refractivity (Wildman–Crippen MR) is 78.5 cm³/mol. The summed E-state index contributed by atoms with van der Waals surface area (Å²) in [6, 6.07) is 4.33. The minimum absolute atomic E-state index is 0.0206. The van der Waals surface area contributed by atoms with Crippen molar-refractivity contribution in [3.05, 3.63) is 18.2 Å². The van der Waals surface area contributed by atoms with Crippen molar-refractivity contribution in [2.24, 2.45) is 11.7 Å². The van der Waals surface area contributed by atoms with Gasteiger partial charge in [0.1, 0.15) is 0 Å². The van der Waals surface area contributed by atoms with Crippen LogP contribution in [0.25, 0.3) is 0 Å². The van der Waals surface area contributed by atoms with Crippen molar-refractivity contribution in [2.45, 2.75) is 31.5 Å². The van der Waals surface area contributed by atoms with Gasteiger partial charge < -0.3 is 20.5 Å². The van der Waals surface area contributed by atoms with Gasteiger partial charge >= 0.3 is 6.18 Å². The highest BCUT2D eigenvalue weighted by Gasteiger charge is 2.30. The monoisotopic (exact) mass is 332 g/mol. The molecule has 1 fully saturated rings. The molecule has 1 aliphatic carbocycles. The number of alkyl halides is 3. The van der Waals surface area contributed by atoms with Gasteiger partial charge in [0.05, 0.1) is 7.11 Å². The van der Waals surface area contributed by atoms with Crippen LogP contribution in [0.4, 0.5) is 18.9 Å². The van der Waals surface area contributed by atoms with Crippen molar-refractivity contribution in [3.63, 3.8) is 0 Å². The van der Waals surface area contributed by atoms with Gasteiger partial charge in [-0.3, -0.25) is 4.79 Å². The molecule has 0 spiro atoms. The first-order valence-electron chi connectivity index (χ1n) is 7.22. The highest BCUT2D eigenvalue weighted by atomic mass is 19.4. The number of ether oxygens (including phenoxy) is 2. The van der Waals surface area contributed by atoms with Crippen molar-refractivity contribution < 1.29 is 27.4 Å². The van der Waals surface area contributed by atoms with E-state index in [4.69, 9.17) is 15.2 Å². The molecule has 0 bridgehead atoms. The number of carbonyl (C=O) groups is 1. The lowest BCUT2D eigenvalue weighted by atomic mass is 10.1. The third-order valence-corrected chi connectivity index (χ3v) is 3.67. The zero-order valence-electron chi connectivity index (χ0n) is 12.7. The van der Waals surface area contributed by atoms with Crippen LogP contribution in [0.2, 0.25) is 0 Å². The summed E-state index contributed by atoms with van der Waals surface area (Å²) in [5.41, 5.74) is 6.13. The minimum Gasteiger partial charge on any atom is -0.493 e. The Morgan fingerprint density at radius 2 is 2.09 bits per heavy atom. The number of halogens is 3. The van der Waals surface area contributed by atoms with Gasteiger partial charge in [0.2, 0.25) is 5.91 Å². The number of nitrogens with two attached hydrogens (primary N) is 1. The second-order valence-electron chi connectivity index (χ2n) is 5.53. The van der Waals surface area contributed by atoms with Crippen LogP contribution in [-0.4, -0.2) is 31.8 Å². The van der Waals surface area contributed by atoms with Crippen LogP contribution in [0.1, 0.15) is 19.3 Å². The molecular formula is C15H19F3N2O3. The summed E-state index contributed by atoms with van der Waals surface area (Å²) in [5, 5.41) is 2.68. The third-order valence-electron chi connectivity index (χ3n) is 3.67. The number of amides is 1. The Kier molecular flexibility index (Phi) is 5.35. The first kappa shape index (κ1) is 17.4. The van der Waals surface area contributed by atoms with Gasteiger partial charge in [-0.15, -0.1) is 0 Å². The summed E-state index contributed by atoms with van der Waals surface area (Å²) in [6.07, 6.45) is -2.34. The topological polar surface area (TPSA) is 73.6 Å². The number of rotatable bonds is 5. The first-order valence-corrected chi connectivity index (χ1v) is 7.22. The third kappa shape index (κ3) is 5.02. The Balaban J connectivity index is 2.06. The van der Waals surface area contributed by atoms with Crippen LogP contribution in [0.15, 0.2) is 18.2 Å². The normalized spacial score (nSPS) is 21.1. The van der Waals surface area contributed by atoms with E-state index in [0.717, 1.165) is 6.42 Å². The van der Waals surface area contributed by atoms with Gasteiger partial charge in [-0.2, -0.15) is 13.2 Å². The molecule has 5 nitrogen and oxygen atoms in total. The lowest BCUT2D eigenvalue weighted by Crippen LogP contribution is -2.23. The second kappa shape index (κ2) is 7.08. The quantitative estimate of drug-likeness (QED) is 0.869. The smallest absolute Gasteiger partial charge is 0.422 e. The fourth-order valence-electron chi connectivity index (χ4n) is 2.53. The van der Waals surface area contributed by atoms with Crippen LogP contribution in [-0.2, 0) is 4.79 Å². The summed E-state index contributed by atoms with van der Waals surface area (Å²) in [4.78, 5) is 12.1. The SMILES string of the molecule is COc1ccc(NC(=O)C2CCC(N)C2)cc1OCC(F)(F)F. The van der Waals surface area contributed by atoms with E-state index in [1.165, 1.54) is 19.2 Å². The lowest BCUT2D eigenvalue weighted by molar-refractivity contribution is -0.153. The van der Waals surface area contributed by atoms with E-state index in [9.17, 15) is 18.0 Å². The lowest BCUT2D eigenvalue weighted by Gasteiger charge is -2.15. The summed E-state index contributed by atoms with van der Waals surface area (Å²) in [7, 11) is 1.33. The van der Waals surface area contributed by atoms with Crippen LogP contribution >= 0.6 is 0 Å². The Morgan fingerprint density at radius 1 is 1.35 bits per heavy atom. The van der Waals surface area contributed by atoms with Crippen molar-refractivity contribution in [3.8, 4) is 11.5 Å². The van der Waals surface area contributed by atoms with E-state index in [-0.39, 0.29) is 29.4 Å². The molecule has 1 amide bonds. The number of nitrogens with one attached hydrogen (secondary N) is 1. The van der Waals surface area contributed by atoms with Gasteiger partial charge in [-0.1, -0.05) is 0 Å². The standard InChI is InChI=1S/C15H19F3N2O3/c1-22-12-5-4-11(7-13(12)23-8-15(16,17)18)20-14(21)9-2-3-10(19)6-9/h4-5,7,9-10H,2-3,6,8,19H2,1H3,(H,20,21). The number of hydrogen-bond acceptors (Lipinski definition) is 4. The Hall–Kier alpha value is -1.96. The van der Waals surface area contributed by atoms with Crippen molar-refractivity contribution >= 4 is 11.6 Å². The molecule has 128 valence electrons. The van der Waals surface area contributed by atoms with E-state index in [2.05, 4.69) is 5.32 Å². The molecule has 8 heteroatoms. The van der Waals surface area contributed by atoms with Gasteiger partial charge in [0.15, 0.2) is 18.1 Å². The highest BCUT2D eigenvalue weighted by Crippen LogP contribution is 2.32. The van der Waals surface area contributed by atoms with Crippen molar-refractivity contribution in [2.75, 3.05) is 19.0 Å². The van der Waals surface area contributed by atoms with E-state index in [1.54, 1.807) is 6.07 Å². The summed E-state index contributed by atoms with van der Waals surface area (Å²) in [5.74, 6) is -0.280. The zero-order valence-corrected chi connectivity index (χ0v) is 12.7. The van der Waals surface area contributed by atoms with Crippen LogP contribution in [0.3, 0.4) is 0 Å². The molecule has 1 aliphatic rings. The number of carbonyl (C=O) groups excluding carboxylic acids is 1. The molecule has 0 radical (unpaired) electrons. The van der Waals surface area contributed by atoms with Gasteiger partial charge in [-0.25, -0.2) is 0 Å².